The summed E-state index contributed by atoms with van der Waals surface area (Å²) in [6.45, 7) is 1.43. The molecule has 5 rings (SSSR count). The second kappa shape index (κ2) is 8.65. The van der Waals surface area contributed by atoms with Crippen LogP contribution in [0.1, 0.15) is 34.1 Å². The number of hydrogen-bond acceptors (Lipinski definition) is 4. The smallest absolute Gasteiger partial charge is 0.257 e. The van der Waals surface area contributed by atoms with E-state index in [9.17, 15) is 4.79 Å². The summed E-state index contributed by atoms with van der Waals surface area (Å²) < 4.78 is 1.78. The third-order valence-corrected chi connectivity index (χ3v) is 6.78. The van der Waals surface area contributed by atoms with Gasteiger partial charge in [0.1, 0.15) is 5.69 Å². The highest BCUT2D eigenvalue weighted by Gasteiger charge is 2.29. The lowest BCUT2D eigenvalue weighted by Crippen LogP contribution is -2.39. The molecule has 4 aromatic rings. The van der Waals surface area contributed by atoms with E-state index in [0.29, 0.717) is 28.7 Å². The Labute approximate surface area is 189 Å². The lowest BCUT2D eigenvalue weighted by atomic mass is 9.97. The van der Waals surface area contributed by atoms with Gasteiger partial charge in [-0.3, -0.25) is 4.79 Å². The van der Waals surface area contributed by atoms with Crippen LogP contribution in [0.4, 0.5) is 0 Å². The molecule has 0 radical (unpaired) electrons. The second-order valence-corrected chi connectivity index (χ2v) is 9.00. The van der Waals surface area contributed by atoms with Crippen LogP contribution in [0.5, 0.6) is 0 Å². The van der Waals surface area contributed by atoms with Gasteiger partial charge in [0, 0.05) is 47.4 Å². The number of benzene rings is 2. The van der Waals surface area contributed by atoms with E-state index in [4.69, 9.17) is 16.7 Å². The molecule has 2 aromatic carbocycles. The molecule has 0 spiro atoms. The average Bonchev–Trinajstić information content (AvgIpc) is 3.51. The van der Waals surface area contributed by atoms with E-state index in [2.05, 4.69) is 4.98 Å². The molecule has 5 nitrogen and oxygen atoms in total. The number of hydrogen-bond donors (Lipinski definition) is 0. The molecule has 0 bridgehead atoms. The zero-order valence-corrected chi connectivity index (χ0v) is 18.4. The minimum absolute atomic E-state index is 0.00777. The number of piperidine rings is 1. The molecule has 1 saturated heterocycles. The third kappa shape index (κ3) is 4.13. The van der Waals surface area contributed by atoms with E-state index in [1.807, 2.05) is 77.3 Å². The minimum Gasteiger partial charge on any atom is -0.338 e. The van der Waals surface area contributed by atoms with Gasteiger partial charge in [-0.25, -0.2) is 9.67 Å². The van der Waals surface area contributed by atoms with Crippen molar-refractivity contribution in [2.45, 2.75) is 18.8 Å². The molecule has 0 N–H and O–H groups in total. The van der Waals surface area contributed by atoms with Gasteiger partial charge in [-0.15, -0.1) is 11.3 Å². The van der Waals surface area contributed by atoms with Crippen molar-refractivity contribution in [2.24, 2.45) is 0 Å². The maximum absolute atomic E-state index is 13.7. The second-order valence-electron chi connectivity index (χ2n) is 7.64. The molecule has 1 unspecified atom stereocenters. The predicted molar refractivity (Wildman–Crippen MR) is 124 cm³/mol. The van der Waals surface area contributed by atoms with Gasteiger partial charge >= 0.3 is 0 Å². The number of carbonyl (C=O) groups is 1. The standard InChI is InChI=1S/C24H21ClN4OS/c25-19-10-8-17(9-11-19)22-21(16-29(27-22)20-6-2-1-3-7-20)24(30)28-13-4-5-18(15-28)23-26-12-14-31-23/h1-3,6-12,14,16,18H,4-5,13,15H2. The first-order valence-corrected chi connectivity index (χ1v) is 11.5. The van der Waals surface area contributed by atoms with Crippen molar-refractivity contribution < 1.29 is 4.79 Å². The van der Waals surface area contributed by atoms with Gasteiger partial charge in [-0.05, 0) is 37.1 Å². The van der Waals surface area contributed by atoms with Gasteiger partial charge in [-0.2, -0.15) is 5.10 Å². The number of aromatic nitrogens is 3. The molecule has 3 heterocycles. The van der Waals surface area contributed by atoms with Gasteiger partial charge < -0.3 is 4.90 Å². The fourth-order valence-electron chi connectivity index (χ4n) is 4.03. The number of carbonyl (C=O) groups excluding carboxylic acids is 1. The Morgan fingerprint density at radius 1 is 1.10 bits per heavy atom. The van der Waals surface area contributed by atoms with Crippen LogP contribution in [0.25, 0.3) is 16.9 Å². The molecular weight excluding hydrogens is 428 g/mol. The molecular formula is C24H21ClN4OS. The first-order chi connectivity index (χ1) is 15.2. The molecule has 1 fully saturated rings. The van der Waals surface area contributed by atoms with Gasteiger partial charge in [0.15, 0.2) is 0 Å². The Morgan fingerprint density at radius 3 is 2.65 bits per heavy atom. The van der Waals surface area contributed by atoms with Crippen molar-refractivity contribution in [3.05, 3.63) is 88.0 Å². The average molecular weight is 449 g/mol. The Bertz CT molecular complexity index is 1170. The Kier molecular flexibility index (Phi) is 5.57. The van der Waals surface area contributed by atoms with E-state index in [1.165, 1.54) is 0 Å². The number of thiazole rings is 1. The van der Waals surface area contributed by atoms with Crippen molar-refractivity contribution in [3.63, 3.8) is 0 Å². The molecule has 31 heavy (non-hydrogen) atoms. The summed E-state index contributed by atoms with van der Waals surface area (Å²) in [5.74, 6) is 0.300. The summed E-state index contributed by atoms with van der Waals surface area (Å²) in [5.41, 5.74) is 3.06. The first kappa shape index (κ1) is 20.0. The Hall–Kier alpha value is -2.96. The number of para-hydroxylation sites is 1. The molecule has 0 saturated carbocycles. The first-order valence-electron chi connectivity index (χ1n) is 10.3. The lowest BCUT2D eigenvalue weighted by molar-refractivity contribution is 0.0708. The van der Waals surface area contributed by atoms with Crippen LogP contribution in [-0.4, -0.2) is 38.7 Å². The summed E-state index contributed by atoms with van der Waals surface area (Å²) in [4.78, 5) is 20.1. The summed E-state index contributed by atoms with van der Waals surface area (Å²) >= 11 is 7.75. The summed E-state index contributed by atoms with van der Waals surface area (Å²) in [5, 5.41) is 8.54. The van der Waals surface area contributed by atoms with Crippen molar-refractivity contribution in [3.8, 4) is 16.9 Å². The molecule has 156 valence electrons. The quantitative estimate of drug-likeness (QED) is 0.404. The molecule has 1 atom stereocenters. The molecule has 2 aromatic heterocycles. The normalized spacial score (nSPS) is 16.4. The zero-order chi connectivity index (χ0) is 21.2. The maximum atomic E-state index is 13.7. The van der Waals surface area contributed by atoms with Gasteiger partial charge in [0.2, 0.25) is 0 Å². The van der Waals surface area contributed by atoms with Crippen LogP contribution < -0.4 is 0 Å². The van der Waals surface area contributed by atoms with Crippen LogP contribution in [0.2, 0.25) is 5.02 Å². The van der Waals surface area contributed by atoms with Gasteiger partial charge in [-0.1, -0.05) is 41.9 Å². The van der Waals surface area contributed by atoms with Crippen molar-refractivity contribution >= 4 is 28.8 Å². The van der Waals surface area contributed by atoms with Crippen molar-refractivity contribution in [2.75, 3.05) is 13.1 Å². The van der Waals surface area contributed by atoms with Crippen LogP contribution >= 0.6 is 22.9 Å². The highest BCUT2D eigenvalue weighted by Crippen LogP contribution is 2.31. The molecule has 0 aliphatic carbocycles. The fourth-order valence-corrected chi connectivity index (χ4v) is 4.93. The number of nitrogens with zero attached hydrogens (tertiary/aromatic N) is 4. The highest BCUT2D eigenvalue weighted by atomic mass is 35.5. The highest BCUT2D eigenvalue weighted by molar-refractivity contribution is 7.09. The lowest BCUT2D eigenvalue weighted by Gasteiger charge is -2.31. The van der Waals surface area contributed by atoms with E-state index in [-0.39, 0.29) is 5.91 Å². The Balaban J connectivity index is 1.51. The number of rotatable bonds is 4. The third-order valence-electron chi connectivity index (χ3n) is 5.59. The summed E-state index contributed by atoms with van der Waals surface area (Å²) in [6.07, 6.45) is 5.71. The van der Waals surface area contributed by atoms with E-state index >= 15 is 0 Å². The van der Waals surface area contributed by atoms with Crippen LogP contribution in [0.3, 0.4) is 0 Å². The van der Waals surface area contributed by atoms with E-state index < -0.39 is 0 Å². The Morgan fingerprint density at radius 2 is 1.90 bits per heavy atom. The largest absolute Gasteiger partial charge is 0.338 e. The van der Waals surface area contributed by atoms with Crippen molar-refractivity contribution in [1.29, 1.82) is 0 Å². The van der Waals surface area contributed by atoms with E-state index in [0.717, 1.165) is 35.6 Å². The number of likely N-dealkylation sites (tertiary alicyclic amines) is 1. The fraction of sp³-hybridized carbons (Fsp3) is 0.208. The zero-order valence-electron chi connectivity index (χ0n) is 16.8. The van der Waals surface area contributed by atoms with Crippen LogP contribution in [-0.2, 0) is 0 Å². The molecule has 1 aliphatic rings. The number of halogens is 1. The summed E-state index contributed by atoms with van der Waals surface area (Å²) in [7, 11) is 0. The SMILES string of the molecule is O=C(c1cn(-c2ccccc2)nc1-c1ccc(Cl)cc1)N1CCCC(c2nccs2)C1. The van der Waals surface area contributed by atoms with Gasteiger partial charge in [0.05, 0.1) is 16.3 Å². The maximum Gasteiger partial charge on any atom is 0.257 e. The molecule has 1 aliphatic heterocycles. The van der Waals surface area contributed by atoms with Crippen molar-refractivity contribution in [1.82, 2.24) is 19.7 Å². The topological polar surface area (TPSA) is 51.0 Å². The minimum atomic E-state index is 0.00777. The van der Waals surface area contributed by atoms with Gasteiger partial charge in [0.25, 0.3) is 5.91 Å². The molecule has 1 amide bonds. The number of amides is 1. The molecule has 7 heteroatoms. The van der Waals surface area contributed by atoms with Crippen LogP contribution in [0, 0.1) is 0 Å². The monoisotopic (exact) mass is 448 g/mol. The van der Waals surface area contributed by atoms with Crippen LogP contribution in [0.15, 0.2) is 72.4 Å². The van der Waals surface area contributed by atoms with E-state index in [1.54, 1.807) is 16.0 Å². The predicted octanol–water partition coefficient (Wildman–Crippen LogP) is 5.67. The summed E-state index contributed by atoms with van der Waals surface area (Å²) in [6, 6.07) is 17.3.